The van der Waals surface area contributed by atoms with E-state index >= 15 is 0 Å². The van der Waals surface area contributed by atoms with Crippen LogP contribution < -0.4 is 10.5 Å². The number of aromatic nitrogens is 1. The van der Waals surface area contributed by atoms with Crippen LogP contribution in [0.3, 0.4) is 0 Å². The van der Waals surface area contributed by atoms with Gasteiger partial charge >= 0.3 is 6.18 Å². The molecule has 0 saturated heterocycles. The first-order chi connectivity index (χ1) is 19.7. The van der Waals surface area contributed by atoms with Gasteiger partial charge in [-0.1, -0.05) is 40.5 Å². The van der Waals surface area contributed by atoms with Crippen LogP contribution in [0.1, 0.15) is 56.9 Å². The Balaban J connectivity index is 1.40. The molecule has 1 aromatic carbocycles. The average molecular weight is 602 g/mol. The fourth-order valence-corrected chi connectivity index (χ4v) is 5.41. The van der Waals surface area contributed by atoms with Crippen molar-refractivity contribution in [3.05, 3.63) is 95.4 Å². The maximum atomic E-state index is 14.7. The normalized spacial score (nSPS) is 15.9. The van der Waals surface area contributed by atoms with Crippen molar-refractivity contribution in [1.82, 2.24) is 14.8 Å². The second-order valence-corrected chi connectivity index (χ2v) is 12.6. The number of halogens is 4. The molecule has 0 amide bonds. The summed E-state index contributed by atoms with van der Waals surface area (Å²) in [6, 6.07) is 6.07. The smallest absolute Gasteiger partial charge is 0.371 e. The van der Waals surface area contributed by atoms with Crippen molar-refractivity contribution in [1.29, 1.82) is 0 Å². The Bertz CT molecular complexity index is 1410. The van der Waals surface area contributed by atoms with Crippen LogP contribution in [0.25, 0.3) is 5.70 Å². The summed E-state index contributed by atoms with van der Waals surface area (Å²) in [4.78, 5) is 9.23. The Labute approximate surface area is 250 Å². The van der Waals surface area contributed by atoms with Gasteiger partial charge in [0.15, 0.2) is 0 Å². The van der Waals surface area contributed by atoms with E-state index in [9.17, 15) is 17.6 Å². The molecule has 0 fully saturated rings. The molecule has 5 nitrogen and oxygen atoms in total. The Hall–Kier alpha value is -3.24. The summed E-state index contributed by atoms with van der Waals surface area (Å²) in [5.41, 5.74) is 5.13. The van der Waals surface area contributed by atoms with Gasteiger partial charge in [-0.3, -0.25) is 10.1 Å². The number of nitrogens with zero attached hydrogens (tertiary/aromatic N) is 3. The molecule has 10 heteroatoms. The molecule has 0 saturated carbocycles. The van der Waals surface area contributed by atoms with Gasteiger partial charge in [0.2, 0.25) is 0 Å². The van der Waals surface area contributed by atoms with Crippen molar-refractivity contribution in [3.8, 4) is 0 Å². The highest BCUT2D eigenvalue weighted by atomic mass is 32.2. The number of nitrogens with one attached hydrogen (secondary N) is 1. The number of nitrogens with two attached hydrogens (primary N) is 1. The molecule has 0 bridgehead atoms. The highest BCUT2D eigenvalue weighted by Crippen LogP contribution is 2.35. The van der Waals surface area contributed by atoms with Gasteiger partial charge < -0.3 is 15.1 Å². The predicted molar refractivity (Wildman–Crippen MR) is 164 cm³/mol. The lowest BCUT2D eigenvalue weighted by Gasteiger charge is -2.40. The number of benzene rings is 1. The van der Waals surface area contributed by atoms with Crippen LogP contribution in [-0.4, -0.2) is 41.0 Å². The van der Waals surface area contributed by atoms with Crippen LogP contribution in [0.4, 0.5) is 23.2 Å². The molecule has 0 atom stereocenters. The molecule has 0 spiro atoms. The summed E-state index contributed by atoms with van der Waals surface area (Å²) in [5, 5.41) is 8.64. The standard InChI is InChI=1S/C32H39F4N5S/c1-20(7-10-29-30(39-22(3)31(4,5)6)15-25(17-38-29)32(34,35)36)40-13-11-24-19-41(14-12-23(24)18-40)21(2)27-9-8-26(42-37)16-28(27)33/h8-9,15-17,39H,1-3,7,10-14,18-19,37H2,4-6H3. The minimum atomic E-state index is -4.49. The molecule has 0 radical (unpaired) electrons. The van der Waals surface area contributed by atoms with Crippen LogP contribution in [0, 0.1) is 11.2 Å². The van der Waals surface area contributed by atoms with Crippen molar-refractivity contribution in [2.45, 2.75) is 57.5 Å². The van der Waals surface area contributed by atoms with E-state index in [0.29, 0.717) is 52.6 Å². The van der Waals surface area contributed by atoms with Gasteiger partial charge in [-0.2, -0.15) is 13.2 Å². The molecule has 42 heavy (non-hydrogen) atoms. The van der Waals surface area contributed by atoms with Gasteiger partial charge in [-0.15, -0.1) is 0 Å². The summed E-state index contributed by atoms with van der Waals surface area (Å²) in [6.07, 6.45) is -0.880. The summed E-state index contributed by atoms with van der Waals surface area (Å²) < 4.78 is 54.9. The van der Waals surface area contributed by atoms with Crippen LogP contribution >= 0.6 is 11.9 Å². The van der Waals surface area contributed by atoms with Gasteiger partial charge in [0, 0.05) is 65.3 Å². The number of allylic oxidation sites excluding steroid dienone is 2. The number of rotatable bonds is 9. The van der Waals surface area contributed by atoms with Crippen molar-refractivity contribution >= 4 is 23.3 Å². The molecule has 4 rings (SSSR count). The Kier molecular flexibility index (Phi) is 9.47. The molecule has 2 aromatic rings. The molecule has 2 aliphatic rings. The third kappa shape index (κ3) is 7.39. The minimum Gasteiger partial charge on any atom is -0.371 e. The third-order valence-electron chi connectivity index (χ3n) is 7.99. The van der Waals surface area contributed by atoms with E-state index in [1.807, 2.05) is 20.8 Å². The van der Waals surface area contributed by atoms with Crippen molar-refractivity contribution < 1.29 is 17.6 Å². The third-order valence-corrected chi connectivity index (χ3v) is 8.51. The van der Waals surface area contributed by atoms with E-state index in [2.05, 4.69) is 39.8 Å². The largest absolute Gasteiger partial charge is 0.417 e. The predicted octanol–water partition coefficient (Wildman–Crippen LogP) is 8.00. The van der Waals surface area contributed by atoms with Crippen LogP contribution in [0.2, 0.25) is 0 Å². The molecular weight excluding hydrogens is 562 g/mol. The molecule has 0 unspecified atom stereocenters. The highest BCUT2D eigenvalue weighted by Gasteiger charge is 2.32. The van der Waals surface area contributed by atoms with Crippen LogP contribution in [0.15, 0.2) is 77.6 Å². The monoisotopic (exact) mass is 601 g/mol. The van der Waals surface area contributed by atoms with Crippen LogP contribution in [0.5, 0.6) is 0 Å². The zero-order chi connectivity index (χ0) is 30.8. The number of pyridine rings is 1. The Morgan fingerprint density at radius 3 is 2.26 bits per heavy atom. The van der Waals surface area contributed by atoms with Crippen LogP contribution in [-0.2, 0) is 12.6 Å². The van der Waals surface area contributed by atoms with Crippen molar-refractivity contribution in [3.63, 3.8) is 0 Å². The number of alkyl halides is 3. The first kappa shape index (κ1) is 31.7. The maximum Gasteiger partial charge on any atom is 0.417 e. The molecule has 3 N–H and O–H groups in total. The van der Waals surface area contributed by atoms with Gasteiger partial charge in [0.05, 0.1) is 16.9 Å². The van der Waals surface area contributed by atoms with Crippen molar-refractivity contribution in [2.24, 2.45) is 10.6 Å². The fraction of sp³-hybridized carbons (Fsp3) is 0.406. The molecule has 2 aliphatic heterocycles. The summed E-state index contributed by atoms with van der Waals surface area (Å²) in [7, 11) is 0. The lowest BCUT2D eigenvalue weighted by Crippen LogP contribution is -2.39. The van der Waals surface area contributed by atoms with Gasteiger partial charge in [-0.05, 0) is 73.0 Å². The van der Waals surface area contributed by atoms with Gasteiger partial charge in [0.25, 0.3) is 0 Å². The number of aryl methyl sites for hydroxylation is 1. The highest BCUT2D eigenvalue weighted by molar-refractivity contribution is 7.97. The second-order valence-electron chi connectivity index (χ2n) is 11.9. The number of hydrogen-bond donors (Lipinski definition) is 2. The molecule has 226 valence electrons. The van der Waals surface area contributed by atoms with E-state index < -0.39 is 11.7 Å². The zero-order valence-electron chi connectivity index (χ0n) is 24.5. The average Bonchev–Trinajstić information content (AvgIpc) is 2.94. The Morgan fingerprint density at radius 2 is 1.67 bits per heavy atom. The van der Waals surface area contributed by atoms with Gasteiger partial charge in [-0.25, -0.2) is 4.39 Å². The van der Waals surface area contributed by atoms with E-state index in [1.165, 1.54) is 17.2 Å². The summed E-state index contributed by atoms with van der Waals surface area (Å²) in [6.45, 7) is 21.4. The number of hydrogen-bond acceptors (Lipinski definition) is 6. The van der Waals surface area contributed by atoms with E-state index in [4.69, 9.17) is 5.14 Å². The maximum absolute atomic E-state index is 14.7. The lowest BCUT2D eigenvalue weighted by molar-refractivity contribution is -0.137. The quantitative estimate of drug-likeness (QED) is 0.173. The minimum absolute atomic E-state index is 0.321. The molecule has 3 heterocycles. The van der Waals surface area contributed by atoms with E-state index in [0.717, 1.165) is 62.4 Å². The summed E-state index contributed by atoms with van der Waals surface area (Å²) >= 11 is 1.01. The fourth-order valence-electron chi connectivity index (χ4n) is 5.09. The molecular formula is C32H39F4N5S. The number of anilines is 1. The second kappa shape index (κ2) is 12.6. The van der Waals surface area contributed by atoms with E-state index in [1.54, 1.807) is 12.1 Å². The first-order valence-corrected chi connectivity index (χ1v) is 14.8. The zero-order valence-corrected chi connectivity index (χ0v) is 25.3. The van der Waals surface area contributed by atoms with Crippen molar-refractivity contribution in [2.75, 3.05) is 31.5 Å². The molecule has 1 aromatic heterocycles. The van der Waals surface area contributed by atoms with Gasteiger partial charge in [0.1, 0.15) is 5.82 Å². The van der Waals surface area contributed by atoms with E-state index in [-0.39, 0.29) is 11.2 Å². The molecule has 0 aliphatic carbocycles. The summed E-state index contributed by atoms with van der Waals surface area (Å²) in [5.74, 6) is -0.329. The topological polar surface area (TPSA) is 57.4 Å². The lowest BCUT2D eigenvalue weighted by atomic mass is 9.92. The Morgan fingerprint density at radius 1 is 1.02 bits per heavy atom. The first-order valence-electron chi connectivity index (χ1n) is 13.9. The SMILES string of the molecule is C=C(CCc1ncc(C(F)(F)F)cc1NC(=C)C(C)(C)C)N1CCC2=C(CCN(C(=C)c3ccc(SN)cc3F)C2)C1.